The molecule has 2 rings (SSSR count). The van der Waals surface area contributed by atoms with Gasteiger partial charge in [-0.3, -0.25) is 10.1 Å². The highest BCUT2D eigenvalue weighted by Crippen LogP contribution is 2.53. The van der Waals surface area contributed by atoms with E-state index in [4.69, 9.17) is 4.74 Å². The van der Waals surface area contributed by atoms with Crippen LogP contribution >= 0.6 is 0 Å². The van der Waals surface area contributed by atoms with Gasteiger partial charge < -0.3 is 10.1 Å². The average molecular weight is 282 g/mol. The molecule has 0 amide bonds. The molecule has 1 N–H and O–H groups in total. The fraction of sp³-hybridized carbons (Fsp3) is 0.769. The van der Waals surface area contributed by atoms with Gasteiger partial charge in [-0.25, -0.2) is 4.68 Å². The maximum absolute atomic E-state index is 11.2. The molecule has 0 aromatic carbocycles. The van der Waals surface area contributed by atoms with Gasteiger partial charge in [-0.05, 0) is 20.3 Å². The lowest BCUT2D eigenvalue weighted by Crippen LogP contribution is -2.65. The summed E-state index contributed by atoms with van der Waals surface area (Å²) in [6, 6.07) is 0.112. The van der Waals surface area contributed by atoms with Crippen LogP contribution in [0.3, 0.4) is 0 Å². The molecule has 7 heteroatoms. The summed E-state index contributed by atoms with van der Waals surface area (Å²) >= 11 is 0. The molecule has 7 nitrogen and oxygen atoms in total. The van der Waals surface area contributed by atoms with Gasteiger partial charge in [-0.2, -0.15) is 5.10 Å². The third-order valence-corrected chi connectivity index (χ3v) is 4.96. The van der Waals surface area contributed by atoms with Crippen molar-refractivity contribution in [3.8, 4) is 0 Å². The van der Waals surface area contributed by atoms with E-state index >= 15 is 0 Å². The largest absolute Gasteiger partial charge is 0.378 e. The summed E-state index contributed by atoms with van der Waals surface area (Å²) in [6.45, 7) is 7.92. The van der Waals surface area contributed by atoms with Crippen LogP contribution in [0, 0.1) is 22.5 Å². The summed E-state index contributed by atoms with van der Waals surface area (Å²) in [5.74, 6) is 0.462. The first-order chi connectivity index (χ1) is 9.14. The van der Waals surface area contributed by atoms with Crippen LogP contribution in [0.1, 0.15) is 32.9 Å². The van der Waals surface area contributed by atoms with E-state index in [1.807, 2.05) is 0 Å². The lowest BCUT2D eigenvalue weighted by atomic mass is 9.56. The molecule has 112 valence electrons. The van der Waals surface area contributed by atoms with Crippen LogP contribution in [-0.4, -0.2) is 33.5 Å². The van der Waals surface area contributed by atoms with E-state index in [0.29, 0.717) is 11.5 Å². The maximum Gasteiger partial charge on any atom is 0.333 e. The Labute approximate surface area is 118 Å². The molecule has 1 aliphatic carbocycles. The number of methoxy groups -OCH3 is 1. The number of nitrogens with one attached hydrogen (secondary N) is 1. The van der Waals surface area contributed by atoms with Crippen LogP contribution in [0.25, 0.3) is 0 Å². The number of nitrogens with zero attached hydrogens (tertiary/aromatic N) is 3. The standard InChI is InChI=1S/C13H22N4O3/c1-8-10(17(18)19)11(16(5)15-8)14-9-7-13(4,20-6)12(9,2)3/h9,14H,7H2,1-6H3/t9-,13+/m1/s1. The first kappa shape index (κ1) is 14.8. The molecular weight excluding hydrogens is 260 g/mol. The smallest absolute Gasteiger partial charge is 0.333 e. The summed E-state index contributed by atoms with van der Waals surface area (Å²) in [5, 5.41) is 18.6. The van der Waals surface area contributed by atoms with Crippen molar-refractivity contribution in [2.75, 3.05) is 12.4 Å². The number of hydrogen-bond donors (Lipinski definition) is 1. The van der Waals surface area contributed by atoms with Crippen molar-refractivity contribution in [1.82, 2.24) is 9.78 Å². The quantitative estimate of drug-likeness (QED) is 0.676. The van der Waals surface area contributed by atoms with Crippen LogP contribution in [-0.2, 0) is 11.8 Å². The van der Waals surface area contributed by atoms with Crippen LogP contribution in [0.15, 0.2) is 0 Å². The minimum absolute atomic E-state index is 0.0503. The molecule has 0 radical (unpaired) electrons. The lowest BCUT2D eigenvalue weighted by Gasteiger charge is -2.59. The monoisotopic (exact) mass is 282 g/mol. The van der Waals surface area contributed by atoms with Crippen LogP contribution in [0.4, 0.5) is 11.5 Å². The second-order valence-electron chi connectivity index (χ2n) is 6.22. The SMILES string of the molecule is CO[C@@]1(C)C[C@@H](Nc2c([N+](=O)[O-])c(C)nn2C)C1(C)C. The van der Waals surface area contributed by atoms with Crippen molar-refractivity contribution in [3.63, 3.8) is 0 Å². The van der Waals surface area contributed by atoms with Gasteiger partial charge in [-0.1, -0.05) is 13.8 Å². The molecule has 1 fully saturated rings. The maximum atomic E-state index is 11.2. The zero-order valence-corrected chi connectivity index (χ0v) is 12.9. The number of hydrogen-bond acceptors (Lipinski definition) is 5. The van der Waals surface area contributed by atoms with Gasteiger partial charge in [0, 0.05) is 25.6 Å². The van der Waals surface area contributed by atoms with Crippen LogP contribution in [0.2, 0.25) is 0 Å². The summed E-state index contributed by atoms with van der Waals surface area (Å²) < 4.78 is 7.11. The molecule has 1 aliphatic rings. The van der Waals surface area contributed by atoms with E-state index in [2.05, 4.69) is 31.2 Å². The van der Waals surface area contributed by atoms with E-state index in [0.717, 1.165) is 6.42 Å². The number of rotatable bonds is 4. The fourth-order valence-corrected chi connectivity index (χ4v) is 2.92. The normalized spacial score (nSPS) is 28.0. The van der Waals surface area contributed by atoms with Crippen molar-refractivity contribution >= 4 is 11.5 Å². The van der Waals surface area contributed by atoms with Gasteiger partial charge in [0.1, 0.15) is 5.69 Å². The van der Waals surface area contributed by atoms with Gasteiger partial charge in [0.2, 0.25) is 5.82 Å². The third-order valence-electron chi connectivity index (χ3n) is 4.96. The van der Waals surface area contributed by atoms with Crippen molar-refractivity contribution in [2.45, 2.75) is 45.8 Å². The molecular formula is C13H22N4O3. The second kappa shape index (κ2) is 4.44. The first-order valence-electron chi connectivity index (χ1n) is 6.63. The molecule has 0 unspecified atom stereocenters. The summed E-state index contributed by atoms with van der Waals surface area (Å²) in [7, 11) is 3.41. The van der Waals surface area contributed by atoms with E-state index in [9.17, 15) is 10.1 Å². The van der Waals surface area contributed by atoms with Crippen molar-refractivity contribution in [2.24, 2.45) is 12.5 Å². The van der Waals surface area contributed by atoms with Crippen molar-refractivity contribution in [3.05, 3.63) is 15.8 Å². The minimum atomic E-state index is -0.383. The van der Waals surface area contributed by atoms with Gasteiger partial charge in [-0.15, -0.1) is 0 Å². The Morgan fingerprint density at radius 1 is 1.50 bits per heavy atom. The summed E-state index contributed by atoms with van der Waals surface area (Å²) in [6.07, 6.45) is 0.803. The van der Waals surface area contributed by atoms with Crippen molar-refractivity contribution < 1.29 is 9.66 Å². The second-order valence-corrected chi connectivity index (χ2v) is 6.22. The highest BCUT2D eigenvalue weighted by Gasteiger charge is 2.58. The molecule has 1 heterocycles. The number of nitro groups is 1. The topological polar surface area (TPSA) is 82.2 Å². The predicted octanol–water partition coefficient (Wildman–Crippen LogP) is 2.25. The Kier molecular flexibility index (Phi) is 3.28. The van der Waals surface area contributed by atoms with Gasteiger partial charge >= 0.3 is 5.69 Å². The lowest BCUT2D eigenvalue weighted by molar-refractivity contribution is -0.384. The number of anilines is 1. The summed E-state index contributed by atoms with van der Waals surface area (Å²) in [4.78, 5) is 10.8. The zero-order valence-electron chi connectivity index (χ0n) is 12.9. The number of ether oxygens (including phenoxy) is 1. The van der Waals surface area contributed by atoms with E-state index in [-0.39, 0.29) is 27.7 Å². The molecule has 1 saturated carbocycles. The Hall–Kier alpha value is -1.63. The average Bonchev–Trinajstić information content (AvgIpc) is 2.63. The summed E-state index contributed by atoms with van der Waals surface area (Å²) in [5.41, 5.74) is 0.141. The molecule has 1 aromatic rings. The molecule has 0 aliphatic heterocycles. The molecule has 0 spiro atoms. The van der Waals surface area contributed by atoms with Crippen LogP contribution < -0.4 is 5.32 Å². The van der Waals surface area contributed by atoms with Gasteiger partial charge in [0.15, 0.2) is 0 Å². The third kappa shape index (κ3) is 1.88. The van der Waals surface area contributed by atoms with Gasteiger partial charge in [0.25, 0.3) is 0 Å². The fourth-order valence-electron chi connectivity index (χ4n) is 2.92. The molecule has 20 heavy (non-hydrogen) atoms. The Balaban J connectivity index is 2.27. The number of aryl methyl sites for hydroxylation is 2. The Bertz CT molecular complexity index is 552. The minimum Gasteiger partial charge on any atom is -0.378 e. The highest BCUT2D eigenvalue weighted by molar-refractivity contribution is 5.60. The Morgan fingerprint density at radius 2 is 2.10 bits per heavy atom. The highest BCUT2D eigenvalue weighted by atomic mass is 16.6. The van der Waals surface area contributed by atoms with Gasteiger partial charge in [0.05, 0.1) is 10.5 Å². The van der Waals surface area contributed by atoms with Crippen LogP contribution in [0.5, 0.6) is 0 Å². The number of aromatic nitrogens is 2. The van der Waals surface area contributed by atoms with E-state index < -0.39 is 0 Å². The van der Waals surface area contributed by atoms with E-state index in [1.54, 1.807) is 21.1 Å². The Morgan fingerprint density at radius 3 is 2.55 bits per heavy atom. The molecule has 1 aromatic heterocycles. The predicted molar refractivity (Wildman–Crippen MR) is 75.8 cm³/mol. The van der Waals surface area contributed by atoms with Crippen molar-refractivity contribution in [1.29, 1.82) is 0 Å². The van der Waals surface area contributed by atoms with E-state index in [1.165, 1.54) is 4.68 Å². The molecule has 0 saturated heterocycles. The first-order valence-corrected chi connectivity index (χ1v) is 6.63. The molecule has 2 atom stereocenters. The zero-order chi connectivity index (χ0) is 15.3. The molecule has 0 bridgehead atoms.